The van der Waals surface area contributed by atoms with Crippen LogP contribution in [0.15, 0.2) is 30.3 Å². The average molecular weight is 209 g/mol. The van der Waals surface area contributed by atoms with Gasteiger partial charge in [0.15, 0.2) is 0 Å². The number of aliphatic hydroxyl groups is 3. The average Bonchev–Trinajstić information content (AvgIpc) is 2.59. The van der Waals surface area contributed by atoms with Crippen LogP contribution in [-0.4, -0.2) is 40.7 Å². The third-order valence-corrected chi connectivity index (χ3v) is 3.03. The predicted molar refractivity (Wildman–Crippen MR) is 55.2 cm³/mol. The summed E-state index contributed by atoms with van der Waals surface area (Å²) < 4.78 is 0. The van der Waals surface area contributed by atoms with Gasteiger partial charge in [-0.2, -0.15) is 0 Å². The van der Waals surface area contributed by atoms with Crippen LogP contribution in [0.5, 0.6) is 0 Å². The first-order valence-corrected chi connectivity index (χ1v) is 4.98. The van der Waals surface area contributed by atoms with E-state index in [4.69, 9.17) is 0 Å². The fraction of sp³-hybridized carbons (Fsp3) is 0.455. The lowest BCUT2D eigenvalue weighted by Gasteiger charge is -2.31. The maximum Gasteiger partial charge on any atom is 0.106 e. The molecule has 3 atom stereocenters. The van der Waals surface area contributed by atoms with E-state index >= 15 is 0 Å². The number of hydrogen-bond acceptors (Lipinski definition) is 4. The summed E-state index contributed by atoms with van der Waals surface area (Å²) in [4.78, 5) is 0. The summed E-state index contributed by atoms with van der Waals surface area (Å²) in [5.74, 6) is 0. The van der Waals surface area contributed by atoms with Crippen LogP contribution in [0.3, 0.4) is 0 Å². The van der Waals surface area contributed by atoms with Crippen molar-refractivity contribution in [1.29, 1.82) is 0 Å². The van der Waals surface area contributed by atoms with Gasteiger partial charge in [-0.25, -0.2) is 0 Å². The van der Waals surface area contributed by atoms with Crippen molar-refractivity contribution in [3.8, 4) is 0 Å². The first-order valence-electron chi connectivity index (χ1n) is 4.98. The number of aliphatic hydroxyl groups excluding tert-OH is 3. The minimum atomic E-state index is -0.982. The molecule has 1 saturated heterocycles. The molecule has 0 amide bonds. The Bertz CT molecular complexity index is 330. The second kappa shape index (κ2) is 3.90. The zero-order valence-corrected chi connectivity index (χ0v) is 8.30. The lowest BCUT2D eigenvalue weighted by molar-refractivity contribution is -0.0110. The maximum atomic E-state index is 9.89. The van der Waals surface area contributed by atoms with Crippen molar-refractivity contribution in [2.45, 2.75) is 17.7 Å². The number of nitrogens with one attached hydrogen (secondary N) is 1. The van der Waals surface area contributed by atoms with Gasteiger partial charge in [0.2, 0.25) is 0 Å². The van der Waals surface area contributed by atoms with Gasteiger partial charge < -0.3 is 20.6 Å². The molecule has 15 heavy (non-hydrogen) atoms. The van der Waals surface area contributed by atoms with E-state index in [1.807, 2.05) is 30.3 Å². The van der Waals surface area contributed by atoms with Crippen molar-refractivity contribution in [1.82, 2.24) is 5.32 Å². The fourth-order valence-corrected chi connectivity index (χ4v) is 2.08. The summed E-state index contributed by atoms with van der Waals surface area (Å²) in [6, 6.07) is 9.19. The van der Waals surface area contributed by atoms with Crippen molar-refractivity contribution < 1.29 is 15.3 Å². The number of hydrogen-bond donors (Lipinski definition) is 4. The second-order valence-corrected chi connectivity index (χ2v) is 3.89. The van der Waals surface area contributed by atoms with Crippen molar-refractivity contribution in [3.63, 3.8) is 0 Å². The number of rotatable bonds is 2. The fourth-order valence-electron chi connectivity index (χ4n) is 2.08. The molecule has 4 nitrogen and oxygen atoms in total. The van der Waals surface area contributed by atoms with E-state index < -0.39 is 17.7 Å². The van der Waals surface area contributed by atoms with Crippen LogP contribution in [0.2, 0.25) is 0 Å². The van der Waals surface area contributed by atoms with E-state index in [2.05, 4.69) is 5.32 Å². The summed E-state index contributed by atoms with van der Waals surface area (Å²) in [6.07, 6.45) is -1.82. The molecule has 2 rings (SSSR count). The van der Waals surface area contributed by atoms with Crippen LogP contribution in [0.4, 0.5) is 0 Å². The highest BCUT2D eigenvalue weighted by Crippen LogP contribution is 2.30. The minimum absolute atomic E-state index is 0.241. The molecule has 0 bridgehead atoms. The predicted octanol–water partition coefficient (Wildman–Crippen LogP) is -0.801. The van der Waals surface area contributed by atoms with Gasteiger partial charge in [-0.15, -0.1) is 0 Å². The maximum absolute atomic E-state index is 9.89. The summed E-state index contributed by atoms with van der Waals surface area (Å²) in [5, 5.41) is 31.8. The second-order valence-electron chi connectivity index (χ2n) is 3.89. The lowest BCUT2D eigenvalue weighted by atomic mass is 9.86. The molecule has 82 valence electrons. The molecular formula is C11H15NO3. The van der Waals surface area contributed by atoms with Gasteiger partial charge in [0.05, 0.1) is 18.2 Å². The largest absolute Gasteiger partial charge is 0.394 e. The molecule has 0 saturated carbocycles. The van der Waals surface area contributed by atoms with Crippen LogP contribution in [0, 0.1) is 0 Å². The topological polar surface area (TPSA) is 72.7 Å². The molecule has 1 aliphatic heterocycles. The Morgan fingerprint density at radius 2 is 1.93 bits per heavy atom. The van der Waals surface area contributed by atoms with Gasteiger partial charge in [-0.3, -0.25) is 0 Å². The Labute approximate surface area is 88.2 Å². The molecule has 0 radical (unpaired) electrons. The van der Waals surface area contributed by atoms with E-state index in [1.165, 1.54) is 0 Å². The molecule has 1 heterocycles. The van der Waals surface area contributed by atoms with Crippen LogP contribution in [0.25, 0.3) is 0 Å². The van der Waals surface area contributed by atoms with Gasteiger partial charge >= 0.3 is 0 Å². The Morgan fingerprint density at radius 3 is 2.40 bits per heavy atom. The monoisotopic (exact) mass is 209 g/mol. The molecule has 1 aromatic rings. The van der Waals surface area contributed by atoms with Crippen LogP contribution >= 0.6 is 0 Å². The summed E-state index contributed by atoms with van der Waals surface area (Å²) in [5.41, 5.74) is -0.141. The SMILES string of the molecule is OC[C@]1(c2ccccc2)NC[C@H](O)[C@H]1O. The van der Waals surface area contributed by atoms with Crippen LogP contribution in [0.1, 0.15) is 5.56 Å². The first-order chi connectivity index (χ1) is 7.20. The minimum Gasteiger partial charge on any atom is -0.394 e. The zero-order chi connectivity index (χ0) is 10.9. The van der Waals surface area contributed by atoms with Crippen LogP contribution in [-0.2, 0) is 5.54 Å². The molecular weight excluding hydrogens is 194 g/mol. The molecule has 4 N–H and O–H groups in total. The number of β-amino-alcohol motifs (C(OH)–C–C–N with tert-alkyl or cyclic N) is 1. The van der Waals surface area contributed by atoms with Gasteiger partial charge in [-0.05, 0) is 5.56 Å². The van der Waals surface area contributed by atoms with E-state index in [0.717, 1.165) is 5.56 Å². The van der Waals surface area contributed by atoms with Gasteiger partial charge in [-0.1, -0.05) is 30.3 Å². The third kappa shape index (κ3) is 1.55. The van der Waals surface area contributed by atoms with E-state index in [0.29, 0.717) is 0 Å². The Morgan fingerprint density at radius 1 is 1.27 bits per heavy atom. The molecule has 1 aromatic carbocycles. The zero-order valence-electron chi connectivity index (χ0n) is 8.30. The summed E-state index contributed by atoms with van der Waals surface area (Å²) >= 11 is 0. The Hall–Kier alpha value is -0.940. The number of benzene rings is 1. The molecule has 0 aromatic heterocycles. The highest BCUT2D eigenvalue weighted by molar-refractivity contribution is 5.29. The molecule has 1 fully saturated rings. The van der Waals surface area contributed by atoms with E-state index in [1.54, 1.807) is 0 Å². The molecule has 0 spiro atoms. The molecule has 0 aliphatic carbocycles. The Kier molecular flexibility index (Phi) is 2.75. The molecule has 1 aliphatic rings. The lowest BCUT2D eigenvalue weighted by Crippen LogP contribution is -2.49. The first kappa shape index (κ1) is 10.6. The van der Waals surface area contributed by atoms with Gasteiger partial charge in [0.1, 0.15) is 6.10 Å². The highest BCUT2D eigenvalue weighted by atomic mass is 16.3. The Balaban J connectivity index is 2.39. The van der Waals surface area contributed by atoms with Crippen molar-refractivity contribution >= 4 is 0 Å². The molecule has 0 unspecified atom stereocenters. The standard InChI is InChI=1S/C11H15NO3/c13-7-11(8-4-2-1-3-5-8)10(15)9(14)6-12-11/h1-5,9-10,12-15H,6-7H2/t9-,10+,11+/m0/s1. The van der Waals surface area contributed by atoms with Crippen molar-refractivity contribution in [2.75, 3.05) is 13.2 Å². The van der Waals surface area contributed by atoms with Gasteiger partial charge in [0, 0.05) is 6.54 Å². The summed E-state index contributed by atoms with van der Waals surface area (Å²) in [7, 11) is 0. The van der Waals surface area contributed by atoms with Crippen molar-refractivity contribution in [2.24, 2.45) is 0 Å². The highest BCUT2D eigenvalue weighted by Gasteiger charge is 2.47. The summed E-state index contributed by atoms with van der Waals surface area (Å²) in [6.45, 7) is 0.0475. The third-order valence-electron chi connectivity index (χ3n) is 3.03. The van der Waals surface area contributed by atoms with E-state index in [9.17, 15) is 15.3 Å². The van der Waals surface area contributed by atoms with Crippen LogP contribution < -0.4 is 5.32 Å². The van der Waals surface area contributed by atoms with Crippen molar-refractivity contribution in [3.05, 3.63) is 35.9 Å². The smallest absolute Gasteiger partial charge is 0.106 e. The van der Waals surface area contributed by atoms with Gasteiger partial charge in [0.25, 0.3) is 0 Å². The normalized spacial score (nSPS) is 35.7. The quantitative estimate of drug-likeness (QED) is 0.514. The van der Waals surface area contributed by atoms with E-state index in [-0.39, 0.29) is 13.2 Å². The molecule has 4 heteroatoms.